The summed E-state index contributed by atoms with van der Waals surface area (Å²) >= 11 is 17.7. The summed E-state index contributed by atoms with van der Waals surface area (Å²) in [6.07, 6.45) is 7.81. The minimum atomic E-state index is -0.567. The minimum absolute atomic E-state index is 0.0168. The van der Waals surface area contributed by atoms with E-state index < -0.39 is 11.7 Å². The fourth-order valence-corrected chi connectivity index (χ4v) is 4.41. The fourth-order valence-electron chi connectivity index (χ4n) is 3.93. The van der Waals surface area contributed by atoms with Crippen LogP contribution in [0.2, 0.25) is 15.1 Å². The van der Waals surface area contributed by atoms with Crippen LogP contribution in [0.4, 0.5) is 4.39 Å². The van der Waals surface area contributed by atoms with Gasteiger partial charge in [0.05, 0.1) is 15.6 Å². The number of carbonyl (C=O) groups is 2. The first-order valence-electron chi connectivity index (χ1n) is 11.7. The zero-order valence-electron chi connectivity index (χ0n) is 19.3. The third-order valence-corrected chi connectivity index (χ3v) is 6.89. The normalized spacial score (nSPS) is 14.9. The van der Waals surface area contributed by atoms with Gasteiger partial charge in [-0.25, -0.2) is 4.39 Å². The van der Waals surface area contributed by atoms with Crippen LogP contribution < -0.4 is 10.6 Å². The Morgan fingerprint density at radius 1 is 1.00 bits per heavy atom. The van der Waals surface area contributed by atoms with Gasteiger partial charge in [-0.1, -0.05) is 47.3 Å². The third-order valence-electron chi connectivity index (χ3n) is 5.92. The Labute approximate surface area is 220 Å². The molecule has 3 rings (SSSR count). The molecule has 0 radical (unpaired) electrons. The van der Waals surface area contributed by atoms with Crippen molar-refractivity contribution in [1.82, 2.24) is 15.5 Å². The molecule has 0 bridgehead atoms. The van der Waals surface area contributed by atoms with Crippen molar-refractivity contribution < 1.29 is 14.0 Å². The van der Waals surface area contributed by atoms with Crippen LogP contribution in [0.3, 0.4) is 0 Å². The molecule has 5 nitrogen and oxygen atoms in total. The van der Waals surface area contributed by atoms with E-state index >= 15 is 0 Å². The molecule has 0 unspecified atom stereocenters. The Balaban J connectivity index is 1.25. The van der Waals surface area contributed by atoms with Gasteiger partial charge >= 0.3 is 0 Å². The van der Waals surface area contributed by atoms with Crippen molar-refractivity contribution in [3.05, 3.63) is 74.5 Å². The Hall–Kier alpha value is -2.12. The van der Waals surface area contributed by atoms with Crippen LogP contribution in [0.15, 0.2) is 42.5 Å². The van der Waals surface area contributed by atoms with Crippen LogP contribution in [-0.2, 0) is 4.79 Å². The number of nitrogens with one attached hydrogen (secondary N) is 2. The Morgan fingerprint density at radius 3 is 2.51 bits per heavy atom. The van der Waals surface area contributed by atoms with Crippen LogP contribution in [0.1, 0.15) is 48.0 Å². The summed E-state index contributed by atoms with van der Waals surface area (Å²) in [5.41, 5.74) is 0.798. The van der Waals surface area contributed by atoms with Gasteiger partial charge in [0, 0.05) is 36.8 Å². The first kappa shape index (κ1) is 27.5. The van der Waals surface area contributed by atoms with Gasteiger partial charge < -0.3 is 15.5 Å². The molecule has 35 heavy (non-hydrogen) atoms. The molecule has 2 aromatic rings. The van der Waals surface area contributed by atoms with Crippen molar-refractivity contribution in [2.45, 2.75) is 38.1 Å². The summed E-state index contributed by atoms with van der Waals surface area (Å²) in [6.45, 7) is 3.38. The maximum absolute atomic E-state index is 13.9. The van der Waals surface area contributed by atoms with Gasteiger partial charge in [-0.3, -0.25) is 9.59 Å². The Bertz CT molecular complexity index is 1060. The van der Waals surface area contributed by atoms with E-state index in [-0.39, 0.29) is 17.5 Å². The molecule has 0 saturated carbocycles. The lowest BCUT2D eigenvalue weighted by Gasteiger charge is -2.32. The first-order chi connectivity index (χ1) is 16.8. The average molecular weight is 541 g/mol. The molecule has 1 fully saturated rings. The number of rotatable bonds is 10. The molecule has 1 heterocycles. The SMILES string of the molecule is O=C(/C=C/c1ccc(Cl)c(Cl)c1)NCCCCCN1CCC(NC(=O)c2cc(Cl)ccc2F)CC1. The van der Waals surface area contributed by atoms with E-state index in [1.165, 1.54) is 24.3 Å². The molecule has 2 aromatic carbocycles. The summed E-state index contributed by atoms with van der Waals surface area (Å²) in [4.78, 5) is 26.7. The topological polar surface area (TPSA) is 61.4 Å². The number of nitrogens with zero attached hydrogens (tertiary/aromatic N) is 1. The fraction of sp³-hybridized carbons (Fsp3) is 0.385. The minimum Gasteiger partial charge on any atom is -0.353 e. The maximum Gasteiger partial charge on any atom is 0.254 e. The van der Waals surface area contributed by atoms with E-state index in [1.54, 1.807) is 24.3 Å². The summed E-state index contributed by atoms with van der Waals surface area (Å²) < 4.78 is 13.9. The quantitative estimate of drug-likeness (QED) is 0.288. The average Bonchev–Trinajstić information content (AvgIpc) is 2.84. The van der Waals surface area contributed by atoms with E-state index in [1.807, 2.05) is 0 Å². The smallest absolute Gasteiger partial charge is 0.254 e. The molecule has 9 heteroatoms. The molecule has 0 spiro atoms. The molecule has 2 amide bonds. The van der Waals surface area contributed by atoms with Gasteiger partial charge in [-0.05, 0) is 74.2 Å². The van der Waals surface area contributed by atoms with Crippen LogP contribution in [0.5, 0.6) is 0 Å². The zero-order valence-corrected chi connectivity index (χ0v) is 21.6. The highest BCUT2D eigenvalue weighted by Gasteiger charge is 2.22. The van der Waals surface area contributed by atoms with E-state index in [4.69, 9.17) is 34.8 Å². The number of benzene rings is 2. The van der Waals surface area contributed by atoms with Crippen LogP contribution >= 0.6 is 34.8 Å². The van der Waals surface area contributed by atoms with Gasteiger partial charge in [-0.2, -0.15) is 0 Å². The number of hydrogen-bond donors (Lipinski definition) is 2. The van der Waals surface area contributed by atoms with Crippen molar-refractivity contribution in [3.8, 4) is 0 Å². The monoisotopic (exact) mass is 539 g/mol. The van der Waals surface area contributed by atoms with Crippen molar-refractivity contribution in [2.24, 2.45) is 0 Å². The van der Waals surface area contributed by atoms with Crippen LogP contribution in [-0.4, -0.2) is 48.9 Å². The van der Waals surface area contributed by atoms with E-state index in [0.717, 1.165) is 57.3 Å². The molecule has 0 aromatic heterocycles. The molecule has 1 aliphatic rings. The van der Waals surface area contributed by atoms with Crippen LogP contribution in [0, 0.1) is 5.82 Å². The first-order valence-corrected chi connectivity index (χ1v) is 12.8. The largest absolute Gasteiger partial charge is 0.353 e. The van der Waals surface area contributed by atoms with E-state index in [0.29, 0.717) is 21.6 Å². The zero-order chi connectivity index (χ0) is 25.2. The summed E-state index contributed by atoms with van der Waals surface area (Å²) in [5, 5.41) is 7.09. The molecule has 2 N–H and O–H groups in total. The Kier molecular flexibility index (Phi) is 10.9. The lowest BCUT2D eigenvalue weighted by molar-refractivity contribution is -0.116. The number of amides is 2. The summed E-state index contributed by atoms with van der Waals surface area (Å²) in [7, 11) is 0. The number of piperidine rings is 1. The maximum atomic E-state index is 13.9. The third kappa shape index (κ3) is 9.12. The molecular formula is C26H29Cl3FN3O2. The molecule has 1 saturated heterocycles. The van der Waals surface area contributed by atoms with Crippen LogP contribution in [0.25, 0.3) is 6.08 Å². The number of unbranched alkanes of at least 4 members (excludes halogenated alkanes) is 2. The number of halogens is 4. The van der Waals surface area contributed by atoms with E-state index in [9.17, 15) is 14.0 Å². The van der Waals surface area contributed by atoms with Gasteiger partial charge in [0.25, 0.3) is 5.91 Å². The highest BCUT2D eigenvalue weighted by molar-refractivity contribution is 6.42. The van der Waals surface area contributed by atoms with E-state index in [2.05, 4.69) is 15.5 Å². The van der Waals surface area contributed by atoms with Crippen molar-refractivity contribution >= 4 is 52.7 Å². The molecular weight excluding hydrogens is 512 g/mol. The standard InChI is InChI=1S/C26H29Cl3FN3O2/c27-19-6-8-24(30)21(17-19)26(35)32-20-10-14-33(15-11-20)13-3-1-2-12-31-25(34)9-5-18-4-7-22(28)23(29)16-18/h4-9,16-17,20H,1-3,10-15H2,(H,31,34)(H,32,35)/b9-5+. The molecule has 0 aliphatic carbocycles. The van der Waals surface area contributed by atoms with Gasteiger partial charge in [0.15, 0.2) is 0 Å². The number of carbonyl (C=O) groups excluding carboxylic acids is 2. The second-order valence-corrected chi connectivity index (χ2v) is 9.82. The van der Waals surface area contributed by atoms with Gasteiger partial charge in [0.2, 0.25) is 5.91 Å². The lowest BCUT2D eigenvalue weighted by Crippen LogP contribution is -2.45. The predicted molar refractivity (Wildman–Crippen MR) is 141 cm³/mol. The summed E-state index contributed by atoms with van der Waals surface area (Å²) in [6, 6.07) is 9.23. The van der Waals surface area contributed by atoms with Gasteiger partial charge in [-0.15, -0.1) is 0 Å². The van der Waals surface area contributed by atoms with Gasteiger partial charge in [0.1, 0.15) is 5.82 Å². The molecule has 188 valence electrons. The summed E-state index contributed by atoms with van der Waals surface area (Å²) in [5.74, 6) is -1.13. The Morgan fingerprint density at radius 2 is 1.77 bits per heavy atom. The predicted octanol–water partition coefficient (Wildman–Crippen LogP) is 5.98. The van der Waals surface area contributed by atoms with Crippen molar-refractivity contribution in [3.63, 3.8) is 0 Å². The molecule has 1 aliphatic heterocycles. The number of likely N-dealkylation sites (tertiary alicyclic amines) is 1. The van der Waals surface area contributed by atoms with Crippen molar-refractivity contribution in [2.75, 3.05) is 26.2 Å². The second kappa shape index (κ2) is 13.8. The highest BCUT2D eigenvalue weighted by Crippen LogP contribution is 2.23. The number of hydrogen-bond acceptors (Lipinski definition) is 3. The lowest BCUT2D eigenvalue weighted by atomic mass is 10.0. The highest BCUT2D eigenvalue weighted by atomic mass is 35.5. The second-order valence-electron chi connectivity index (χ2n) is 8.57. The molecule has 0 atom stereocenters. The van der Waals surface area contributed by atoms with Crippen molar-refractivity contribution in [1.29, 1.82) is 0 Å².